The van der Waals surface area contributed by atoms with Crippen molar-refractivity contribution in [3.63, 3.8) is 0 Å². The first kappa shape index (κ1) is 11.8. The highest BCUT2D eigenvalue weighted by Crippen LogP contribution is 2.59. The predicted molar refractivity (Wildman–Crippen MR) is 69.7 cm³/mol. The Morgan fingerprint density at radius 1 is 1.11 bits per heavy atom. The molecule has 3 heteroatoms. The molecule has 4 bridgehead atoms. The number of pyridine rings is 1. The van der Waals surface area contributed by atoms with Crippen molar-refractivity contribution < 1.29 is 9.50 Å². The van der Waals surface area contributed by atoms with Crippen LogP contribution in [-0.2, 0) is 0 Å². The molecule has 4 fully saturated rings. The van der Waals surface area contributed by atoms with Crippen molar-refractivity contribution in [2.24, 2.45) is 29.6 Å². The van der Waals surface area contributed by atoms with Crippen LogP contribution in [0, 0.1) is 35.4 Å². The number of halogens is 1. The number of nitrogens with zero attached hydrogens (tertiary/aromatic N) is 1. The van der Waals surface area contributed by atoms with Crippen molar-refractivity contribution in [3.05, 3.63) is 29.8 Å². The van der Waals surface area contributed by atoms with Crippen LogP contribution in [0.1, 0.15) is 43.8 Å². The van der Waals surface area contributed by atoms with Gasteiger partial charge in [-0.15, -0.1) is 0 Å². The molecule has 5 rings (SSSR count). The van der Waals surface area contributed by atoms with Gasteiger partial charge in [-0.1, -0.05) is 0 Å². The van der Waals surface area contributed by atoms with Gasteiger partial charge in [-0.2, -0.15) is 0 Å². The van der Waals surface area contributed by atoms with E-state index in [2.05, 4.69) is 4.98 Å². The first-order valence-corrected chi connectivity index (χ1v) is 7.50. The van der Waals surface area contributed by atoms with Gasteiger partial charge in [0.2, 0.25) is 0 Å². The third-order valence-electron chi connectivity index (χ3n) is 5.79. The molecule has 0 spiro atoms. The molecule has 1 N–H and O–H groups in total. The van der Waals surface area contributed by atoms with Crippen LogP contribution in [0.2, 0.25) is 0 Å². The van der Waals surface area contributed by atoms with E-state index in [1.54, 1.807) is 12.3 Å². The highest BCUT2D eigenvalue weighted by Gasteiger charge is 2.50. The number of hydrogen-bond acceptors (Lipinski definition) is 2. The molecule has 1 heterocycles. The van der Waals surface area contributed by atoms with Gasteiger partial charge >= 0.3 is 0 Å². The first-order valence-electron chi connectivity index (χ1n) is 7.50. The molecule has 102 valence electrons. The second-order valence-electron chi connectivity index (χ2n) is 6.85. The molecule has 0 saturated heterocycles. The van der Waals surface area contributed by atoms with Gasteiger partial charge in [0, 0.05) is 11.8 Å². The van der Waals surface area contributed by atoms with Crippen molar-refractivity contribution in [2.75, 3.05) is 0 Å². The highest BCUT2D eigenvalue weighted by molar-refractivity contribution is 5.18. The molecule has 1 unspecified atom stereocenters. The Morgan fingerprint density at radius 2 is 1.74 bits per heavy atom. The summed E-state index contributed by atoms with van der Waals surface area (Å²) in [5.74, 6) is 2.90. The predicted octanol–water partition coefficient (Wildman–Crippen LogP) is 3.33. The van der Waals surface area contributed by atoms with E-state index < -0.39 is 6.10 Å². The monoisotopic (exact) mass is 261 g/mol. The molecule has 1 aromatic heterocycles. The Morgan fingerprint density at radius 3 is 2.32 bits per heavy atom. The van der Waals surface area contributed by atoms with Crippen LogP contribution in [0.3, 0.4) is 0 Å². The highest BCUT2D eigenvalue weighted by atomic mass is 19.1. The number of rotatable bonds is 2. The number of aromatic nitrogens is 1. The molecule has 0 aliphatic heterocycles. The van der Waals surface area contributed by atoms with Crippen LogP contribution in [0.15, 0.2) is 18.5 Å². The van der Waals surface area contributed by atoms with E-state index in [4.69, 9.17) is 0 Å². The van der Waals surface area contributed by atoms with E-state index in [1.165, 1.54) is 38.3 Å². The summed E-state index contributed by atoms with van der Waals surface area (Å²) in [7, 11) is 0. The SMILES string of the molecule is OC(c1ccncc1F)C1C2CC3CC(C2)CC1C3. The average molecular weight is 261 g/mol. The smallest absolute Gasteiger partial charge is 0.147 e. The quantitative estimate of drug-likeness (QED) is 0.886. The maximum absolute atomic E-state index is 13.8. The molecule has 0 radical (unpaired) electrons. The van der Waals surface area contributed by atoms with Gasteiger partial charge < -0.3 is 5.11 Å². The number of aliphatic hydroxyl groups is 1. The zero-order valence-corrected chi connectivity index (χ0v) is 11.0. The fourth-order valence-electron chi connectivity index (χ4n) is 5.32. The largest absolute Gasteiger partial charge is 0.388 e. The van der Waals surface area contributed by atoms with E-state index in [9.17, 15) is 9.50 Å². The van der Waals surface area contributed by atoms with E-state index in [0.29, 0.717) is 17.4 Å². The van der Waals surface area contributed by atoms with Gasteiger partial charge in [0.15, 0.2) is 0 Å². The second-order valence-corrected chi connectivity index (χ2v) is 6.85. The number of hydrogen-bond donors (Lipinski definition) is 1. The van der Waals surface area contributed by atoms with Gasteiger partial charge in [0.1, 0.15) is 5.82 Å². The summed E-state index contributed by atoms with van der Waals surface area (Å²) in [5, 5.41) is 10.7. The van der Waals surface area contributed by atoms with E-state index in [1.807, 2.05) is 0 Å². The van der Waals surface area contributed by atoms with Crippen LogP contribution < -0.4 is 0 Å². The molecule has 19 heavy (non-hydrogen) atoms. The molecule has 1 aromatic rings. The van der Waals surface area contributed by atoms with Crippen molar-refractivity contribution >= 4 is 0 Å². The second kappa shape index (κ2) is 4.27. The standard InChI is InChI=1S/C16H20FNO/c17-14-8-18-2-1-13(14)16(19)15-11-4-9-3-10(6-11)7-12(15)5-9/h1-2,8-12,15-16,19H,3-7H2. The van der Waals surface area contributed by atoms with Crippen LogP contribution in [0.25, 0.3) is 0 Å². The molecule has 1 atom stereocenters. The van der Waals surface area contributed by atoms with E-state index >= 15 is 0 Å². The molecular weight excluding hydrogens is 241 g/mol. The Labute approximate surface area is 113 Å². The zero-order chi connectivity index (χ0) is 13.0. The maximum Gasteiger partial charge on any atom is 0.147 e. The van der Waals surface area contributed by atoms with Gasteiger partial charge in [0.05, 0.1) is 12.3 Å². The van der Waals surface area contributed by atoms with Gasteiger partial charge in [-0.3, -0.25) is 4.98 Å². The lowest BCUT2D eigenvalue weighted by atomic mass is 9.50. The molecule has 4 aliphatic carbocycles. The van der Waals surface area contributed by atoms with Crippen molar-refractivity contribution in [3.8, 4) is 0 Å². The van der Waals surface area contributed by atoms with Crippen molar-refractivity contribution in [2.45, 2.75) is 38.2 Å². The van der Waals surface area contributed by atoms with Crippen molar-refractivity contribution in [1.82, 2.24) is 4.98 Å². The fourth-order valence-corrected chi connectivity index (χ4v) is 5.32. The number of aliphatic hydroxyl groups excluding tert-OH is 1. The zero-order valence-electron chi connectivity index (χ0n) is 11.0. The lowest BCUT2D eigenvalue weighted by Gasteiger charge is -2.55. The third kappa shape index (κ3) is 1.82. The first-order chi connectivity index (χ1) is 9.22. The maximum atomic E-state index is 13.8. The molecule has 0 aromatic carbocycles. The normalized spacial score (nSPS) is 41.5. The summed E-state index contributed by atoms with van der Waals surface area (Å²) >= 11 is 0. The molecule has 0 amide bonds. The summed E-state index contributed by atoms with van der Waals surface area (Å²) in [6.07, 6.45) is 8.57. The minimum Gasteiger partial charge on any atom is -0.388 e. The summed E-state index contributed by atoms with van der Waals surface area (Å²) < 4.78 is 13.8. The van der Waals surface area contributed by atoms with Crippen LogP contribution >= 0.6 is 0 Å². The summed E-state index contributed by atoms with van der Waals surface area (Å²) in [4.78, 5) is 3.78. The van der Waals surface area contributed by atoms with Gasteiger partial charge in [-0.25, -0.2) is 4.39 Å². The lowest BCUT2D eigenvalue weighted by molar-refractivity contribution is -0.0916. The molecule has 2 nitrogen and oxygen atoms in total. The molecule has 4 saturated carbocycles. The summed E-state index contributed by atoms with van der Waals surface area (Å²) in [6.45, 7) is 0. The van der Waals surface area contributed by atoms with E-state index in [0.717, 1.165) is 11.8 Å². The fraction of sp³-hybridized carbons (Fsp3) is 0.688. The van der Waals surface area contributed by atoms with Crippen LogP contribution in [-0.4, -0.2) is 10.1 Å². The Bertz CT molecular complexity index is 461. The van der Waals surface area contributed by atoms with Crippen LogP contribution in [0.4, 0.5) is 4.39 Å². The molecule has 4 aliphatic rings. The van der Waals surface area contributed by atoms with Crippen LogP contribution in [0.5, 0.6) is 0 Å². The lowest BCUT2D eigenvalue weighted by Crippen LogP contribution is -2.47. The third-order valence-corrected chi connectivity index (χ3v) is 5.79. The summed E-state index contributed by atoms with van der Waals surface area (Å²) in [6, 6.07) is 1.64. The van der Waals surface area contributed by atoms with Crippen molar-refractivity contribution in [1.29, 1.82) is 0 Å². The topological polar surface area (TPSA) is 33.1 Å². The van der Waals surface area contributed by atoms with Gasteiger partial charge in [-0.05, 0) is 67.8 Å². The molecular formula is C16H20FNO. The summed E-state index contributed by atoms with van der Waals surface area (Å²) in [5.41, 5.74) is 0.451. The minimum atomic E-state index is -0.641. The Kier molecular flexibility index (Phi) is 2.66. The Hall–Kier alpha value is -0.960. The van der Waals surface area contributed by atoms with Gasteiger partial charge in [0.25, 0.3) is 0 Å². The average Bonchev–Trinajstić information content (AvgIpc) is 2.37. The Balaban J connectivity index is 1.64. The van der Waals surface area contributed by atoms with E-state index in [-0.39, 0.29) is 11.7 Å². The minimum absolute atomic E-state index is 0.268.